The third-order valence-corrected chi connectivity index (χ3v) is 4.64. The number of nitrogens with zero attached hydrogens (tertiary/aromatic N) is 2. The van der Waals surface area contributed by atoms with Crippen LogP contribution in [0, 0.1) is 13.8 Å². The van der Waals surface area contributed by atoms with Gasteiger partial charge in [0.25, 0.3) is 5.91 Å². The number of halogens is 1. The van der Waals surface area contributed by atoms with Crippen LogP contribution in [-0.4, -0.2) is 22.8 Å². The molecule has 0 spiro atoms. The second-order valence-corrected chi connectivity index (χ2v) is 6.46. The topological polar surface area (TPSA) is 33.2 Å². The van der Waals surface area contributed by atoms with E-state index in [-0.39, 0.29) is 5.91 Å². The molecule has 5 heteroatoms. The predicted molar refractivity (Wildman–Crippen MR) is 81.5 cm³/mol. The van der Waals surface area contributed by atoms with E-state index in [1.807, 2.05) is 45.2 Å². The van der Waals surface area contributed by atoms with Gasteiger partial charge in [-0.3, -0.25) is 4.79 Å². The van der Waals surface area contributed by atoms with Crippen molar-refractivity contribution in [1.82, 2.24) is 9.88 Å². The summed E-state index contributed by atoms with van der Waals surface area (Å²) in [5.41, 5.74) is 1.91. The molecule has 0 atom stereocenters. The maximum absolute atomic E-state index is 12.4. The quantitative estimate of drug-likeness (QED) is 0.852. The maximum atomic E-state index is 12.4. The van der Waals surface area contributed by atoms with Gasteiger partial charge in [0.1, 0.15) is 4.88 Å². The average Bonchev–Trinajstić information content (AvgIpc) is 2.70. The summed E-state index contributed by atoms with van der Waals surface area (Å²) in [6, 6.07) is 7.93. The van der Waals surface area contributed by atoms with E-state index in [0.29, 0.717) is 6.54 Å². The Hall–Kier alpha value is -1.20. The highest BCUT2D eigenvalue weighted by molar-refractivity contribution is 9.10. The number of hydrogen-bond acceptors (Lipinski definition) is 3. The summed E-state index contributed by atoms with van der Waals surface area (Å²) in [5.74, 6) is 0.0267. The molecule has 1 aromatic carbocycles. The van der Waals surface area contributed by atoms with Crippen molar-refractivity contribution in [3.8, 4) is 0 Å². The van der Waals surface area contributed by atoms with Gasteiger partial charge in [0, 0.05) is 18.1 Å². The highest BCUT2D eigenvalue weighted by Gasteiger charge is 2.18. The van der Waals surface area contributed by atoms with Crippen LogP contribution in [0.4, 0.5) is 0 Å². The molecule has 2 rings (SSSR count). The molecule has 0 saturated carbocycles. The Morgan fingerprint density at radius 2 is 2.05 bits per heavy atom. The molecule has 1 amide bonds. The van der Waals surface area contributed by atoms with E-state index in [1.165, 1.54) is 11.3 Å². The summed E-state index contributed by atoms with van der Waals surface area (Å²) in [7, 11) is 1.82. The van der Waals surface area contributed by atoms with Crippen molar-refractivity contribution in [2.24, 2.45) is 0 Å². The first-order valence-electron chi connectivity index (χ1n) is 5.92. The summed E-state index contributed by atoms with van der Waals surface area (Å²) >= 11 is 4.95. The van der Waals surface area contributed by atoms with E-state index in [9.17, 15) is 4.79 Å². The van der Waals surface area contributed by atoms with Crippen LogP contribution < -0.4 is 0 Å². The van der Waals surface area contributed by atoms with E-state index in [0.717, 1.165) is 25.6 Å². The lowest BCUT2D eigenvalue weighted by Gasteiger charge is -2.17. The fraction of sp³-hybridized carbons (Fsp3) is 0.286. The molecule has 19 heavy (non-hydrogen) atoms. The molecule has 0 N–H and O–H groups in total. The molecule has 3 nitrogen and oxygen atoms in total. The molecular formula is C14H15BrN2OS. The number of hydrogen-bond donors (Lipinski definition) is 0. The normalized spacial score (nSPS) is 10.5. The average molecular weight is 339 g/mol. The van der Waals surface area contributed by atoms with Crippen molar-refractivity contribution in [2.75, 3.05) is 7.05 Å². The van der Waals surface area contributed by atoms with Crippen LogP contribution in [0.1, 0.15) is 25.9 Å². The second-order valence-electron chi connectivity index (χ2n) is 4.40. The summed E-state index contributed by atoms with van der Waals surface area (Å²) in [6.45, 7) is 4.38. The number of amides is 1. The first-order valence-corrected chi connectivity index (χ1v) is 7.53. The SMILES string of the molecule is Cc1nc(C)c(C(=O)N(C)Cc2ccccc2Br)s1. The van der Waals surface area contributed by atoms with Gasteiger partial charge in [-0.1, -0.05) is 34.1 Å². The lowest BCUT2D eigenvalue weighted by atomic mass is 10.2. The van der Waals surface area contributed by atoms with E-state index in [2.05, 4.69) is 20.9 Å². The van der Waals surface area contributed by atoms with Gasteiger partial charge in [0.15, 0.2) is 0 Å². The second kappa shape index (κ2) is 5.84. The van der Waals surface area contributed by atoms with E-state index >= 15 is 0 Å². The molecule has 0 bridgehead atoms. The minimum Gasteiger partial charge on any atom is -0.337 e. The Bertz CT molecular complexity index is 609. The van der Waals surface area contributed by atoms with Gasteiger partial charge in [0.05, 0.1) is 10.7 Å². The van der Waals surface area contributed by atoms with Crippen LogP contribution in [0.5, 0.6) is 0 Å². The van der Waals surface area contributed by atoms with E-state index in [4.69, 9.17) is 0 Å². The van der Waals surface area contributed by atoms with Crippen molar-refractivity contribution >= 4 is 33.2 Å². The Morgan fingerprint density at radius 3 is 2.63 bits per heavy atom. The van der Waals surface area contributed by atoms with Crippen LogP contribution in [0.25, 0.3) is 0 Å². The molecule has 1 heterocycles. The number of rotatable bonds is 3. The standard InChI is InChI=1S/C14H15BrN2OS/c1-9-13(19-10(2)16-9)14(18)17(3)8-11-6-4-5-7-12(11)15/h4-7H,8H2,1-3H3. The van der Waals surface area contributed by atoms with Crippen molar-refractivity contribution < 1.29 is 4.79 Å². The zero-order chi connectivity index (χ0) is 14.0. The molecule has 0 unspecified atom stereocenters. The number of carbonyl (C=O) groups excluding carboxylic acids is 1. The molecule has 0 saturated heterocycles. The highest BCUT2D eigenvalue weighted by atomic mass is 79.9. The third-order valence-electron chi connectivity index (χ3n) is 2.81. The minimum absolute atomic E-state index is 0.0267. The summed E-state index contributed by atoms with van der Waals surface area (Å²) in [6.07, 6.45) is 0. The summed E-state index contributed by atoms with van der Waals surface area (Å²) < 4.78 is 1.02. The smallest absolute Gasteiger partial charge is 0.265 e. The first kappa shape index (κ1) is 14.2. The molecule has 1 aromatic heterocycles. The zero-order valence-corrected chi connectivity index (χ0v) is 13.5. The van der Waals surface area contributed by atoms with Gasteiger partial charge in [-0.05, 0) is 25.5 Å². The Balaban J connectivity index is 2.16. The van der Waals surface area contributed by atoms with Gasteiger partial charge in [0.2, 0.25) is 0 Å². The number of benzene rings is 1. The maximum Gasteiger partial charge on any atom is 0.265 e. The Labute approximate surface area is 125 Å². The van der Waals surface area contributed by atoms with Crippen LogP contribution in [-0.2, 0) is 6.54 Å². The molecule has 2 aromatic rings. The lowest BCUT2D eigenvalue weighted by Crippen LogP contribution is -2.26. The first-order chi connectivity index (χ1) is 8.99. The highest BCUT2D eigenvalue weighted by Crippen LogP contribution is 2.21. The van der Waals surface area contributed by atoms with Crippen LogP contribution in [0.2, 0.25) is 0 Å². The predicted octanol–water partition coefficient (Wildman–Crippen LogP) is 3.79. The molecule has 0 fully saturated rings. The Morgan fingerprint density at radius 1 is 1.37 bits per heavy atom. The zero-order valence-electron chi connectivity index (χ0n) is 11.1. The molecule has 100 valence electrons. The summed E-state index contributed by atoms with van der Waals surface area (Å²) in [5, 5.41) is 0.926. The number of thiazole rings is 1. The van der Waals surface area contributed by atoms with Crippen molar-refractivity contribution in [2.45, 2.75) is 20.4 Å². The van der Waals surface area contributed by atoms with E-state index in [1.54, 1.807) is 4.90 Å². The van der Waals surface area contributed by atoms with Crippen LogP contribution >= 0.6 is 27.3 Å². The summed E-state index contributed by atoms with van der Waals surface area (Å²) in [4.78, 5) is 19.1. The number of aryl methyl sites for hydroxylation is 2. The fourth-order valence-electron chi connectivity index (χ4n) is 1.86. The van der Waals surface area contributed by atoms with E-state index < -0.39 is 0 Å². The number of carbonyl (C=O) groups is 1. The van der Waals surface area contributed by atoms with Crippen molar-refractivity contribution in [3.63, 3.8) is 0 Å². The molecule has 0 radical (unpaired) electrons. The molecule has 0 aliphatic heterocycles. The Kier molecular flexibility index (Phi) is 4.37. The van der Waals surface area contributed by atoms with Gasteiger partial charge in [-0.25, -0.2) is 4.98 Å². The third kappa shape index (κ3) is 3.22. The fourth-order valence-corrected chi connectivity index (χ4v) is 3.18. The van der Waals surface area contributed by atoms with Crippen LogP contribution in [0.3, 0.4) is 0 Å². The minimum atomic E-state index is 0.0267. The van der Waals surface area contributed by atoms with Gasteiger partial charge in [-0.2, -0.15) is 0 Å². The molecule has 0 aliphatic carbocycles. The van der Waals surface area contributed by atoms with Gasteiger partial charge >= 0.3 is 0 Å². The molecule has 0 aliphatic rings. The van der Waals surface area contributed by atoms with Crippen LogP contribution in [0.15, 0.2) is 28.7 Å². The number of aromatic nitrogens is 1. The van der Waals surface area contributed by atoms with Crippen molar-refractivity contribution in [3.05, 3.63) is 49.9 Å². The van der Waals surface area contributed by atoms with Gasteiger partial charge in [-0.15, -0.1) is 11.3 Å². The lowest BCUT2D eigenvalue weighted by molar-refractivity contribution is 0.0788. The monoisotopic (exact) mass is 338 g/mol. The largest absolute Gasteiger partial charge is 0.337 e. The van der Waals surface area contributed by atoms with Crippen molar-refractivity contribution in [1.29, 1.82) is 0 Å². The molecular weight excluding hydrogens is 324 g/mol. The van der Waals surface area contributed by atoms with Gasteiger partial charge < -0.3 is 4.90 Å².